The predicted molar refractivity (Wildman–Crippen MR) is 103 cm³/mol. The van der Waals surface area contributed by atoms with Crippen molar-refractivity contribution in [2.24, 2.45) is 5.10 Å². The second-order valence-electron chi connectivity index (χ2n) is 5.97. The van der Waals surface area contributed by atoms with Gasteiger partial charge in [0.2, 0.25) is 6.79 Å². The van der Waals surface area contributed by atoms with E-state index < -0.39 is 0 Å². The minimum atomic E-state index is 0.0221. The molecule has 1 atom stereocenters. The van der Waals surface area contributed by atoms with Crippen molar-refractivity contribution in [3.63, 3.8) is 0 Å². The molecule has 0 bridgehead atoms. The highest BCUT2D eigenvalue weighted by molar-refractivity contribution is 7.83. The second kappa shape index (κ2) is 6.48. The lowest BCUT2D eigenvalue weighted by molar-refractivity contribution is 0.174. The van der Waals surface area contributed by atoms with Gasteiger partial charge in [-0.1, -0.05) is 35.3 Å². The molecule has 0 radical (unpaired) electrons. The number of halogens is 2. The van der Waals surface area contributed by atoms with E-state index >= 15 is 0 Å². The van der Waals surface area contributed by atoms with Gasteiger partial charge in [0.25, 0.3) is 0 Å². The molecular weight excluding hydrogens is 379 g/mol. The number of thiocarbonyl (C=S) groups is 1. The Hall–Kier alpha value is -1.82. The molecule has 2 aliphatic heterocycles. The summed E-state index contributed by atoms with van der Waals surface area (Å²) in [5.41, 5.74) is 3.79. The van der Waals surface area contributed by atoms with Crippen LogP contribution in [0.5, 0.6) is 11.5 Å². The van der Waals surface area contributed by atoms with Crippen LogP contribution in [0.15, 0.2) is 41.5 Å². The van der Waals surface area contributed by atoms with Crippen LogP contribution in [0, 0.1) is 0 Å². The van der Waals surface area contributed by atoms with Gasteiger partial charge in [-0.2, -0.15) is 5.10 Å². The van der Waals surface area contributed by atoms with Crippen molar-refractivity contribution in [3.05, 3.63) is 58.1 Å². The number of rotatable bonds is 1. The van der Waals surface area contributed by atoms with Gasteiger partial charge in [0.05, 0.1) is 11.8 Å². The van der Waals surface area contributed by atoms with E-state index in [2.05, 4.69) is 0 Å². The van der Waals surface area contributed by atoms with Crippen molar-refractivity contribution in [3.8, 4) is 11.5 Å². The van der Waals surface area contributed by atoms with Crippen LogP contribution in [0.1, 0.15) is 23.6 Å². The molecule has 7 heteroatoms. The van der Waals surface area contributed by atoms with Crippen LogP contribution in [0.25, 0.3) is 0 Å². The monoisotopic (exact) mass is 392 g/mol. The third-order valence-corrected chi connectivity index (χ3v) is 4.90. The Balaban J connectivity index is 1.92. The van der Waals surface area contributed by atoms with E-state index in [1.54, 1.807) is 5.01 Å². The Morgan fingerprint density at radius 1 is 1.20 bits per heavy atom. The average Bonchev–Trinajstić information content (AvgIpc) is 2.97. The van der Waals surface area contributed by atoms with Gasteiger partial charge in [0, 0.05) is 16.1 Å². The maximum absolute atomic E-state index is 6.13. The Morgan fingerprint density at radius 3 is 2.56 bits per heavy atom. The minimum Gasteiger partial charge on any atom is -0.454 e. The summed E-state index contributed by atoms with van der Waals surface area (Å²) >= 11 is 17.3. The van der Waals surface area contributed by atoms with E-state index in [1.807, 2.05) is 43.3 Å². The summed E-state index contributed by atoms with van der Waals surface area (Å²) in [6.45, 7) is 2.27. The molecule has 0 aromatic heterocycles. The zero-order valence-electron chi connectivity index (χ0n) is 13.3. The van der Waals surface area contributed by atoms with Crippen LogP contribution in [-0.2, 0) is 6.42 Å². The highest BCUT2D eigenvalue weighted by Gasteiger charge is 2.28. The molecule has 4 rings (SSSR count). The third kappa shape index (κ3) is 3.08. The lowest BCUT2D eigenvalue weighted by Gasteiger charge is -2.22. The largest absolute Gasteiger partial charge is 0.454 e. The number of benzene rings is 2. The van der Waals surface area contributed by atoms with Gasteiger partial charge in [-0.15, -0.1) is 0 Å². The Morgan fingerprint density at radius 2 is 1.88 bits per heavy atom. The molecule has 0 spiro atoms. The first kappa shape index (κ1) is 16.6. The molecule has 0 amide bonds. The lowest BCUT2D eigenvalue weighted by atomic mass is 9.94. The highest BCUT2D eigenvalue weighted by atomic mass is 35.5. The first-order chi connectivity index (χ1) is 12.0. The van der Waals surface area contributed by atoms with Crippen LogP contribution in [-0.4, -0.2) is 28.0 Å². The second-order valence-corrected chi connectivity index (χ2v) is 7.37. The maximum atomic E-state index is 6.13. The molecule has 25 heavy (non-hydrogen) atoms. The van der Waals surface area contributed by atoms with Gasteiger partial charge in [0.1, 0.15) is 0 Å². The zero-order chi connectivity index (χ0) is 17.6. The smallest absolute Gasteiger partial charge is 0.231 e. The van der Waals surface area contributed by atoms with Gasteiger partial charge in [-0.3, -0.25) is 0 Å². The summed E-state index contributed by atoms with van der Waals surface area (Å²) in [5.74, 6) is 1.47. The first-order valence-corrected chi connectivity index (χ1v) is 8.95. The van der Waals surface area contributed by atoms with Crippen LogP contribution >= 0.6 is 35.4 Å². The van der Waals surface area contributed by atoms with Gasteiger partial charge in [-0.25, -0.2) is 5.01 Å². The number of fused-ring (bicyclic) bond motifs is 2. The van der Waals surface area contributed by atoms with Crippen molar-refractivity contribution in [1.82, 2.24) is 5.01 Å². The van der Waals surface area contributed by atoms with Crippen LogP contribution in [0.3, 0.4) is 0 Å². The summed E-state index contributed by atoms with van der Waals surface area (Å²) in [5, 5.41) is 7.10. The number of hydrogen-bond acceptors (Lipinski definition) is 4. The summed E-state index contributed by atoms with van der Waals surface area (Å²) in [6, 6.07) is 11.5. The van der Waals surface area contributed by atoms with E-state index in [4.69, 9.17) is 50.0 Å². The zero-order valence-corrected chi connectivity index (χ0v) is 15.7. The molecule has 2 aliphatic rings. The van der Waals surface area contributed by atoms with Crippen LogP contribution in [0.2, 0.25) is 5.02 Å². The Bertz CT molecular complexity index is 883. The summed E-state index contributed by atoms with van der Waals surface area (Å²) in [6.07, 6.45) is 0.736. The van der Waals surface area contributed by atoms with E-state index in [1.165, 1.54) is 0 Å². The molecule has 0 fully saturated rings. The van der Waals surface area contributed by atoms with Gasteiger partial charge in [-0.05, 0) is 55.4 Å². The molecule has 0 N–H and O–H groups in total. The molecule has 4 nitrogen and oxygen atoms in total. The molecular formula is C18H14Cl2N2O2S. The van der Waals surface area contributed by atoms with Gasteiger partial charge < -0.3 is 9.47 Å². The standard InChI is InChI=1S/C18H14Cl2N2O2S/c1-10-6-12-7-15-16(24-9-23-15)8-14(12)17(21-22(10)18(20)25)11-2-4-13(19)5-3-11/h2-5,7-8,10H,6,9H2,1H3/t10-/m1/s1. The van der Waals surface area contributed by atoms with E-state index in [9.17, 15) is 0 Å². The molecule has 0 saturated heterocycles. The fourth-order valence-electron chi connectivity index (χ4n) is 3.07. The maximum Gasteiger partial charge on any atom is 0.231 e. The Kier molecular flexibility index (Phi) is 4.31. The number of ether oxygens (including phenoxy) is 2. The molecule has 2 aromatic carbocycles. The highest BCUT2D eigenvalue weighted by Crippen LogP contribution is 2.37. The molecule has 0 aliphatic carbocycles. The van der Waals surface area contributed by atoms with Gasteiger partial charge >= 0.3 is 0 Å². The van der Waals surface area contributed by atoms with Crippen molar-refractivity contribution >= 4 is 45.6 Å². The number of nitrogens with zero attached hydrogens (tertiary/aromatic N) is 2. The van der Waals surface area contributed by atoms with E-state index in [0.717, 1.165) is 40.3 Å². The summed E-state index contributed by atoms with van der Waals surface area (Å²) in [7, 11) is 0. The number of hydrogen-bond donors (Lipinski definition) is 0. The summed E-state index contributed by atoms with van der Waals surface area (Å²) in [4.78, 5) is 0. The Labute approximate surface area is 160 Å². The molecule has 0 unspecified atom stereocenters. The predicted octanol–water partition coefficient (Wildman–Crippen LogP) is 4.59. The lowest BCUT2D eigenvalue weighted by Crippen LogP contribution is -2.31. The van der Waals surface area contributed by atoms with Crippen molar-refractivity contribution in [1.29, 1.82) is 0 Å². The quantitative estimate of drug-likeness (QED) is 0.403. The minimum absolute atomic E-state index is 0.0221. The number of hydrazone groups is 1. The molecule has 2 aromatic rings. The molecule has 0 saturated carbocycles. The third-order valence-electron chi connectivity index (χ3n) is 4.29. The van der Waals surface area contributed by atoms with Crippen molar-refractivity contribution < 1.29 is 9.47 Å². The average molecular weight is 393 g/mol. The van der Waals surface area contributed by atoms with Crippen LogP contribution in [0.4, 0.5) is 0 Å². The molecule has 128 valence electrons. The van der Waals surface area contributed by atoms with Gasteiger partial charge in [0.15, 0.2) is 15.9 Å². The van der Waals surface area contributed by atoms with E-state index in [-0.39, 0.29) is 17.3 Å². The first-order valence-electron chi connectivity index (χ1n) is 7.79. The topological polar surface area (TPSA) is 34.1 Å². The van der Waals surface area contributed by atoms with Crippen molar-refractivity contribution in [2.45, 2.75) is 19.4 Å². The molecule has 2 heterocycles. The SMILES string of the molecule is C[C@@H]1Cc2cc3c(cc2C(c2ccc(Cl)cc2)=NN1C(=S)Cl)OCO3. The summed E-state index contributed by atoms with van der Waals surface area (Å²) < 4.78 is 11.3. The van der Waals surface area contributed by atoms with E-state index in [0.29, 0.717) is 5.02 Å². The fraction of sp³-hybridized carbons (Fsp3) is 0.222. The normalized spacial score (nSPS) is 18.4. The van der Waals surface area contributed by atoms with Crippen molar-refractivity contribution in [2.75, 3.05) is 6.79 Å². The fourth-order valence-corrected chi connectivity index (χ4v) is 3.62. The van der Waals surface area contributed by atoms with Crippen LogP contribution < -0.4 is 9.47 Å².